The van der Waals surface area contributed by atoms with E-state index in [1.165, 1.54) is 22.2 Å². The van der Waals surface area contributed by atoms with Crippen LogP contribution in [0.25, 0.3) is 10.9 Å². The first-order valence-corrected chi connectivity index (χ1v) is 7.75. The summed E-state index contributed by atoms with van der Waals surface area (Å²) in [7, 11) is 0. The van der Waals surface area contributed by atoms with Crippen molar-refractivity contribution in [3.8, 4) is 11.5 Å². The van der Waals surface area contributed by atoms with Crippen molar-refractivity contribution in [1.29, 1.82) is 0 Å². The molecule has 0 fully saturated rings. The van der Waals surface area contributed by atoms with Gasteiger partial charge in [-0.3, -0.25) is 0 Å². The first kappa shape index (κ1) is 13.4. The quantitative estimate of drug-likeness (QED) is 0.746. The molecule has 0 saturated carbocycles. The summed E-state index contributed by atoms with van der Waals surface area (Å²) in [6.45, 7) is 2.06. The van der Waals surface area contributed by atoms with E-state index in [-0.39, 0.29) is 6.10 Å². The average Bonchev–Trinajstić information content (AvgIpc) is 2.87. The zero-order chi connectivity index (χ0) is 15.1. The van der Waals surface area contributed by atoms with Crippen LogP contribution in [0.1, 0.15) is 23.2 Å². The molecule has 3 aromatic rings. The SMILES string of the molecule is Cc1ccc(Oc2ccc3[nH]c4c(c3c2)CC(O)CC4)cc1. The number of nitrogens with one attached hydrogen (secondary N) is 1. The Morgan fingerprint density at radius 3 is 2.68 bits per heavy atom. The summed E-state index contributed by atoms with van der Waals surface area (Å²) in [5, 5.41) is 11.1. The van der Waals surface area contributed by atoms with E-state index in [0.29, 0.717) is 0 Å². The second kappa shape index (κ2) is 5.18. The standard InChI is InChI=1S/C19H19NO2/c1-12-2-5-14(6-3-12)22-15-7-9-19-17(11-15)16-10-13(21)4-8-18(16)20-19/h2-3,5-7,9,11,13,20-21H,4,8,10H2,1H3. The molecule has 1 aromatic heterocycles. The summed E-state index contributed by atoms with van der Waals surface area (Å²) in [6.07, 6.45) is 2.25. The molecule has 1 atom stereocenters. The van der Waals surface area contributed by atoms with E-state index >= 15 is 0 Å². The maximum atomic E-state index is 9.92. The molecule has 0 radical (unpaired) electrons. The number of fused-ring (bicyclic) bond motifs is 3. The molecular weight excluding hydrogens is 274 g/mol. The lowest BCUT2D eigenvalue weighted by Gasteiger charge is -2.17. The Labute approximate surface area is 129 Å². The number of hydrogen-bond acceptors (Lipinski definition) is 2. The molecule has 2 aromatic carbocycles. The lowest BCUT2D eigenvalue weighted by Crippen LogP contribution is -2.17. The summed E-state index contributed by atoms with van der Waals surface area (Å²) < 4.78 is 5.95. The van der Waals surface area contributed by atoms with Crippen LogP contribution in [0.2, 0.25) is 0 Å². The van der Waals surface area contributed by atoms with Crippen LogP contribution in [0.4, 0.5) is 0 Å². The summed E-state index contributed by atoms with van der Waals surface area (Å²) in [5.41, 5.74) is 4.84. The fraction of sp³-hybridized carbons (Fsp3) is 0.263. The number of aliphatic hydroxyl groups is 1. The molecule has 3 heteroatoms. The van der Waals surface area contributed by atoms with Gasteiger partial charge in [-0.15, -0.1) is 0 Å². The van der Waals surface area contributed by atoms with Crippen molar-refractivity contribution in [2.75, 3.05) is 0 Å². The normalized spacial score (nSPS) is 17.5. The van der Waals surface area contributed by atoms with Crippen molar-refractivity contribution in [2.24, 2.45) is 0 Å². The van der Waals surface area contributed by atoms with Gasteiger partial charge in [-0.1, -0.05) is 17.7 Å². The van der Waals surface area contributed by atoms with Gasteiger partial charge in [0.25, 0.3) is 0 Å². The number of ether oxygens (including phenoxy) is 1. The van der Waals surface area contributed by atoms with Crippen molar-refractivity contribution in [2.45, 2.75) is 32.3 Å². The van der Waals surface area contributed by atoms with Gasteiger partial charge in [0.05, 0.1) is 6.10 Å². The number of aromatic amines is 1. The molecule has 1 unspecified atom stereocenters. The lowest BCUT2D eigenvalue weighted by atomic mass is 9.93. The predicted molar refractivity (Wildman–Crippen MR) is 87.6 cm³/mol. The smallest absolute Gasteiger partial charge is 0.128 e. The highest BCUT2D eigenvalue weighted by molar-refractivity contribution is 5.86. The third-order valence-electron chi connectivity index (χ3n) is 4.39. The van der Waals surface area contributed by atoms with Gasteiger partial charge in [0.1, 0.15) is 11.5 Å². The third-order valence-corrected chi connectivity index (χ3v) is 4.39. The Morgan fingerprint density at radius 1 is 1.09 bits per heavy atom. The average molecular weight is 293 g/mol. The summed E-state index contributed by atoms with van der Waals surface area (Å²) in [6, 6.07) is 14.2. The van der Waals surface area contributed by atoms with Crippen molar-refractivity contribution >= 4 is 10.9 Å². The van der Waals surface area contributed by atoms with E-state index in [1.54, 1.807) is 0 Å². The second-order valence-corrected chi connectivity index (χ2v) is 6.10. The Hall–Kier alpha value is -2.26. The van der Waals surface area contributed by atoms with Gasteiger partial charge in [-0.05, 0) is 55.7 Å². The zero-order valence-corrected chi connectivity index (χ0v) is 12.6. The molecule has 0 spiro atoms. The molecule has 0 amide bonds. The first-order chi connectivity index (χ1) is 10.7. The van der Waals surface area contributed by atoms with Crippen molar-refractivity contribution in [3.05, 3.63) is 59.3 Å². The summed E-state index contributed by atoms with van der Waals surface area (Å²) in [5.74, 6) is 1.67. The van der Waals surface area contributed by atoms with E-state index in [0.717, 1.165) is 36.3 Å². The largest absolute Gasteiger partial charge is 0.457 e. The number of H-pyrrole nitrogens is 1. The fourth-order valence-corrected chi connectivity index (χ4v) is 3.18. The first-order valence-electron chi connectivity index (χ1n) is 7.75. The van der Waals surface area contributed by atoms with Crippen LogP contribution < -0.4 is 4.74 Å². The van der Waals surface area contributed by atoms with Crippen LogP contribution in [0.15, 0.2) is 42.5 Å². The molecule has 0 aliphatic heterocycles. The van der Waals surface area contributed by atoms with Crippen molar-refractivity contribution < 1.29 is 9.84 Å². The Kier molecular flexibility index (Phi) is 3.16. The molecule has 1 heterocycles. The highest BCUT2D eigenvalue weighted by Crippen LogP contribution is 2.33. The molecule has 0 saturated heterocycles. The second-order valence-electron chi connectivity index (χ2n) is 6.10. The van der Waals surface area contributed by atoms with Crippen molar-refractivity contribution in [3.63, 3.8) is 0 Å². The third kappa shape index (κ3) is 2.38. The number of aliphatic hydroxyl groups excluding tert-OH is 1. The van der Waals surface area contributed by atoms with Crippen LogP contribution in [0, 0.1) is 6.92 Å². The van der Waals surface area contributed by atoms with Crippen LogP contribution in [0.3, 0.4) is 0 Å². The molecule has 0 bridgehead atoms. The highest BCUT2D eigenvalue weighted by atomic mass is 16.5. The monoisotopic (exact) mass is 293 g/mol. The topological polar surface area (TPSA) is 45.2 Å². The van der Waals surface area contributed by atoms with E-state index < -0.39 is 0 Å². The Morgan fingerprint density at radius 2 is 1.86 bits per heavy atom. The summed E-state index contributed by atoms with van der Waals surface area (Å²) in [4.78, 5) is 3.47. The Balaban J connectivity index is 1.70. The molecule has 1 aliphatic rings. The Bertz CT molecular complexity index is 817. The molecule has 112 valence electrons. The number of rotatable bonds is 2. The minimum atomic E-state index is -0.229. The van der Waals surface area contributed by atoms with Gasteiger partial charge >= 0.3 is 0 Å². The van der Waals surface area contributed by atoms with Gasteiger partial charge in [-0.2, -0.15) is 0 Å². The number of aromatic nitrogens is 1. The van der Waals surface area contributed by atoms with E-state index in [9.17, 15) is 5.11 Å². The van der Waals surface area contributed by atoms with Crippen LogP contribution >= 0.6 is 0 Å². The fourth-order valence-electron chi connectivity index (χ4n) is 3.18. The van der Waals surface area contributed by atoms with Crippen molar-refractivity contribution in [1.82, 2.24) is 4.98 Å². The minimum absolute atomic E-state index is 0.229. The molecular formula is C19H19NO2. The number of aryl methyl sites for hydroxylation is 2. The maximum Gasteiger partial charge on any atom is 0.128 e. The van der Waals surface area contributed by atoms with Gasteiger partial charge < -0.3 is 14.8 Å². The predicted octanol–water partition coefficient (Wildman–Crippen LogP) is 4.12. The van der Waals surface area contributed by atoms with Crippen LogP contribution in [-0.4, -0.2) is 16.2 Å². The van der Waals surface area contributed by atoms with Gasteiger partial charge in [-0.25, -0.2) is 0 Å². The molecule has 3 nitrogen and oxygen atoms in total. The lowest BCUT2D eigenvalue weighted by molar-refractivity contribution is 0.158. The van der Waals surface area contributed by atoms with Crippen LogP contribution in [0.5, 0.6) is 11.5 Å². The summed E-state index contributed by atoms with van der Waals surface area (Å²) >= 11 is 0. The number of hydrogen-bond donors (Lipinski definition) is 2. The zero-order valence-electron chi connectivity index (χ0n) is 12.6. The van der Waals surface area contributed by atoms with Gasteiger partial charge in [0, 0.05) is 23.0 Å². The molecule has 22 heavy (non-hydrogen) atoms. The van der Waals surface area contributed by atoms with E-state index in [2.05, 4.69) is 24.0 Å². The van der Waals surface area contributed by atoms with Gasteiger partial charge in [0.2, 0.25) is 0 Å². The maximum absolute atomic E-state index is 9.92. The van der Waals surface area contributed by atoms with E-state index in [1.807, 2.05) is 30.3 Å². The molecule has 2 N–H and O–H groups in total. The van der Waals surface area contributed by atoms with Gasteiger partial charge in [0.15, 0.2) is 0 Å². The van der Waals surface area contributed by atoms with E-state index in [4.69, 9.17) is 4.74 Å². The van der Waals surface area contributed by atoms with Crippen LogP contribution in [-0.2, 0) is 12.8 Å². The molecule has 4 rings (SSSR count). The number of benzene rings is 2. The molecule has 1 aliphatic carbocycles. The highest BCUT2D eigenvalue weighted by Gasteiger charge is 2.21. The minimum Gasteiger partial charge on any atom is -0.457 e.